The molecule has 6 nitrogen and oxygen atoms in total. The molecule has 0 amide bonds. The van der Waals surface area contributed by atoms with Gasteiger partial charge in [-0.05, 0) is 53.4 Å². The van der Waals surface area contributed by atoms with Crippen molar-refractivity contribution in [1.29, 1.82) is 0 Å². The van der Waals surface area contributed by atoms with Crippen LogP contribution in [0.25, 0.3) is 21.7 Å². The summed E-state index contributed by atoms with van der Waals surface area (Å²) in [6, 6.07) is 24.4. The number of phenols is 1. The maximum atomic E-state index is 13.4. The number of hydrogen-bond donors (Lipinski definition) is 1. The van der Waals surface area contributed by atoms with Gasteiger partial charge in [0.25, 0.3) is 5.56 Å². The number of aryl methyl sites for hydroxylation is 1. The second-order valence-corrected chi connectivity index (χ2v) is 9.11. The van der Waals surface area contributed by atoms with Gasteiger partial charge in [-0.2, -0.15) is 9.78 Å². The minimum absolute atomic E-state index is 0.0573. The predicted octanol–water partition coefficient (Wildman–Crippen LogP) is 6.15. The van der Waals surface area contributed by atoms with E-state index in [4.69, 9.17) is 9.72 Å². The summed E-state index contributed by atoms with van der Waals surface area (Å²) in [7, 11) is 0. The monoisotopic (exact) mass is 477 g/mol. The standard InChI is InChI=1S/C30H27N3O3/c1-19(2)24-16-20(3)12-15-28(24)36-18-29-32-26-11-7-6-10-23(26)30(35)33(29)31-17-25-22-9-5-4-8-21(22)13-14-27(25)34/h4-17,19,34H,18H2,1-3H3. The van der Waals surface area contributed by atoms with Gasteiger partial charge in [-0.15, -0.1) is 0 Å². The minimum atomic E-state index is -0.303. The van der Waals surface area contributed by atoms with Crippen LogP contribution in [0.4, 0.5) is 0 Å². The Balaban J connectivity index is 1.60. The number of fused-ring (bicyclic) bond motifs is 2. The first-order valence-electron chi connectivity index (χ1n) is 11.9. The molecule has 0 bridgehead atoms. The van der Waals surface area contributed by atoms with Crippen LogP contribution in [0.15, 0.2) is 88.8 Å². The van der Waals surface area contributed by atoms with Crippen LogP contribution in [0, 0.1) is 6.92 Å². The van der Waals surface area contributed by atoms with Gasteiger partial charge in [-0.1, -0.05) is 74.0 Å². The zero-order valence-electron chi connectivity index (χ0n) is 20.5. The Bertz CT molecular complexity index is 1670. The van der Waals surface area contributed by atoms with Crippen LogP contribution < -0.4 is 10.3 Å². The van der Waals surface area contributed by atoms with Crippen molar-refractivity contribution in [2.45, 2.75) is 33.3 Å². The van der Waals surface area contributed by atoms with Gasteiger partial charge in [0.05, 0.1) is 17.1 Å². The van der Waals surface area contributed by atoms with Crippen LogP contribution in [-0.4, -0.2) is 21.0 Å². The third kappa shape index (κ3) is 4.45. The first-order chi connectivity index (χ1) is 17.4. The Hall–Kier alpha value is -4.45. The van der Waals surface area contributed by atoms with Gasteiger partial charge in [-0.3, -0.25) is 4.79 Å². The minimum Gasteiger partial charge on any atom is -0.507 e. The van der Waals surface area contributed by atoms with Gasteiger partial charge in [0, 0.05) is 5.56 Å². The first kappa shape index (κ1) is 23.3. The number of rotatable bonds is 6. The molecule has 0 unspecified atom stereocenters. The third-order valence-electron chi connectivity index (χ3n) is 6.21. The molecule has 1 N–H and O–H groups in total. The number of para-hydroxylation sites is 1. The molecule has 0 saturated heterocycles. The molecule has 0 fully saturated rings. The third-order valence-corrected chi connectivity index (χ3v) is 6.21. The lowest BCUT2D eigenvalue weighted by atomic mass is 10.00. The van der Waals surface area contributed by atoms with Gasteiger partial charge in [-0.25, -0.2) is 4.98 Å². The van der Waals surface area contributed by atoms with E-state index in [1.165, 1.54) is 10.9 Å². The number of phenolic OH excluding ortho intramolecular Hbond substituents is 1. The van der Waals surface area contributed by atoms with Crippen LogP contribution in [-0.2, 0) is 6.61 Å². The Kier molecular flexibility index (Phi) is 6.25. The number of hydrogen-bond acceptors (Lipinski definition) is 5. The normalized spacial score (nSPS) is 11.7. The number of ether oxygens (including phenoxy) is 1. The average Bonchev–Trinajstić information content (AvgIpc) is 2.88. The number of nitrogens with zero attached hydrogens (tertiary/aromatic N) is 3. The van der Waals surface area contributed by atoms with E-state index in [0.717, 1.165) is 27.6 Å². The van der Waals surface area contributed by atoms with E-state index < -0.39 is 0 Å². The summed E-state index contributed by atoms with van der Waals surface area (Å²) in [4.78, 5) is 18.1. The molecule has 0 aliphatic rings. The Morgan fingerprint density at radius 2 is 1.75 bits per heavy atom. The molecule has 0 radical (unpaired) electrons. The lowest BCUT2D eigenvalue weighted by molar-refractivity contribution is 0.285. The molecule has 0 atom stereocenters. The van der Waals surface area contributed by atoms with Crippen molar-refractivity contribution in [2.24, 2.45) is 5.10 Å². The maximum absolute atomic E-state index is 13.4. The Morgan fingerprint density at radius 3 is 2.56 bits per heavy atom. The van der Waals surface area contributed by atoms with Crippen molar-refractivity contribution >= 4 is 27.9 Å². The number of aromatic hydroxyl groups is 1. The highest BCUT2D eigenvalue weighted by Crippen LogP contribution is 2.28. The molecule has 5 aromatic rings. The summed E-state index contributed by atoms with van der Waals surface area (Å²) in [5, 5.41) is 17.3. The smallest absolute Gasteiger partial charge is 0.282 e. The highest BCUT2D eigenvalue weighted by Gasteiger charge is 2.14. The summed E-state index contributed by atoms with van der Waals surface area (Å²) in [5.74, 6) is 1.47. The average molecular weight is 478 g/mol. The van der Waals surface area contributed by atoms with Gasteiger partial charge >= 0.3 is 0 Å². The lowest BCUT2D eigenvalue weighted by Crippen LogP contribution is -2.23. The second-order valence-electron chi connectivity index (χ2n) is 9.11. The van der Waals surface area contributed by atoms with Crippen molar-refractivity contribution in [3.8, 4) is 11.5 Å². The van der Waals surface area contributed by atoms with E-state index in [0.29, 0.717) is 22.3 Å². The SMILES string of the molecule is Cc1ccc(OCc2nc3ccccc3c(=O)n2N=Cc2c(O)ccc3ccccc23)c(C(C)C)c1. The molecule has 0 aliphatic carbocycles. The van der Waals surface area contributed by atoms with Crippen LogP contribution >= 0.6 is 0 Å². The molecule has 180 valence electrons. The molecule has 36 heavy (non-hydrogen) atoms. The predicted molar refractivity (Wildman–Crippen MR) is 144 cm³/mol. The summed E-state index contributed by atoms with van der Waals surface area (Å²) in [6.07, 6.45) is 1.50. The summed E-state index contributed by atoms with van der Waals surface area (Å²) in [5.41, 5.74) is 3.05. The lowest BCUT2D eigenvalue weighted by Gasteiger charge is -2.16. The zero-order valence-corrected chi connectivity index (χ0v) is 20.5. The largest absolute Gasteiger partial charge is 0.507 e. The molecule has 0 spiro atoms. The quantitative estimate of drug-likeness (QED) is 0.298. The van der Waals surface area contributed by atoms with Crippen LogP contribution in [0.5, 0.6) is 11.5 Å². The van der Waals surface area contributed by atoms with Crippen molar-refractivity contribution in [2.75, 3.05) is 0 Å². The van der Waals surface area contributed by atoms with Crippen LogP contribution in [0.1, 0.15) is 42.3 Å². The van der Waals surface area contributed by atoms with E-state index in [2.05, 4.69) is 31.9 Å². The van der Waals surface area contributed by atoms with Crippen LogP contribution in [0.2, 0.25) is 0 Å². The second kappa shape index (κ2) is 9.66. The molecule has 1 aromatic heterocycles. The number of aromatic nitrogens is 2. The summed E-state index contributed by atoms with van der Waals surface area (Å²) >= 11 is 0. The van der Waals surface area contributed by atoms with Gasteiger partial charge < -0.3 is 9.84 Å². The summed E-state index contributed by atoms with van der Waals surface area (Å²) < 4.78 is 7.44. The maximum Gasteiger partial charge on any atom is 0.282 e. The Morgan fingerprint density at radius 1 is 1.00 bits per heavy atom. The van der Waals surface area contributed by atoms with Crippen molar-refractivity contribution in [1.82, 2.24) is 9.66 Å². The first-order valence-corrected chi connectivity index (χ1v) is 11.9. The molecule has 0 aliphatic heterocycles. The topological polar surface area (TPSA) is 76.7 Å². The van der Waals surface area contributed by atoms with E-state index >= 15 is 0 Å². The Labute approximate surface area is 209 Å². The van der Waals surface area contributed by atoms with Gasteiger partial charge in [0.15, 0.2) is 5.82 Å². The van der Waals surface area contributed by atoms with Gasteiger partial charge in [0.2, 0.25) is 0 Å². The molecular formula is C30H27N3O3. The number of benzene rings is 4. The molecular weight excluding hydrogens is 450 g/mol. The highest BCUT2D eigenvalue weighted by atomic mass is 16.5. The fraction of sp³-hybridized carbons (Fsp3) is 0.167. The fourth-order valence-corrected chi connectivity index (χ4v) is 4.31. The van der Waals surface area contributed by atoms with Gasteiger partial charge in [0.1, 0.15) is 18.1 Å². The fourth-order valence-electron chi connectivity index (χ4n) is 4.31. The molecule has 6 heteroatoms. The summed E-state index contributed by atoms with van der Waals surface area (Å²) in [6.45, 7) is 6.34. The van der Waals surface area contributed by atoms with E-state index in [1.54, 1.807) is 24.3 Å². The van der Waals surface area contributed by atoms with Crippen molar-refractivity contribution in [3.05, 3.63) is 112 Å². The highest BCUT2D eigenvalue weighted by molar-refractivity contribution is 6.02. The van der Waals surface area contributed by atoms with Crippen LogP contribution in [0.3, 0.4) is 0 Å². The van der Waals surface area contributed by atoms with Crippen molar-refractivity contribution < 1.29 is 9.84 Å². The molecule has 4 aromatic carbocycles. The van der Waals surface area contributed by atoms with E-state index in [-0.39, 0.29) is 23.8 Å². The molecule has 5 rings (SSSR count). The molecule has 0 saturated carbocycles. The van der Waals surface area contributed by atoms with Crippen molar-refractivity contribution in [3.63, 3.8) is 0 Å². The van der Waals surface area contributed by atoms with E-state index in [9.17, 15) is 9.90 Å². The zero-order chi connectivity index (χ0) is 25.2. The van der Waals surface area contributed by atoms with E-state index in [1.807, 2.05) is 48.5 Å². The molecule has 1 heterocycles.